The molecule has 93 valence electrons. The van der Waals surface area contributed by atoms with E-state index in [1.54, 1.807) is 7.05 Å². The van der Waals surface area contributed by atoms with E-state index >= 15 is 0 Å². The second-order valence-corrected chi connectivity index (χ2v) is 2.86. The van der Waals surface area contributed by atoms with Crippen LogP contribution in [0.1, 0.15) is 6.92 Å². The molecule has 0 heterocycles. The summed E-state index contributed by atoms with van der Waals surface area (Å²) in [6, 6.07) is 0. The second-order valence-electron chi connectivity index (χ2n) is 2.09. The van der Waals surface area contributed by atoms with E-state index in [1.165, 1.54) is 12.4 Å². The summed E-state index contributed by atoms with van der Waals surface area (Å²) in [6.07, 6.45) is 2.84. The molecule has 0 saturated heterocycles. The molecule has 0 atom stereocenters. The quantitative estimate of drug-likeness (QED) is 0.243. The number of nitrogens with one attached hydrogen (secondary N) is 2. The molecule has 0 bridgehead atoms. The molecular formula is C7H12CuN6S2. The van der Waals surface area contributed by atoms with E-state index in [-0.39, 0.29) is 17.1 Å². The second kappa shape index (κ2) is 12.3. The summed E-state index contributed by atoms with van der Waals surface area (Å²) in [6.45, 7) is 2.52. The average molecular weight is 308 g/mol. The maximum atomic E-state index is 4.80. The Labute approximate surface area is 116 Å². The van der Waals surface area contributed by atoms with Crippen LogP contribution in [0.3, 0.4) is 0 Å². The molecule has 0 aliphatic rings. The van der Waals surface area contributed by atoms with Gasteiger partial charge in [0.05, 0.1) is 12.4 Å². The predicted octanol–water partition coefficient (Wildman–Crippen LogP) is -0.410. The van der Waals surface area contributed by atoms with E-state index in [0.29, 0.717) is 16.9 Å². The Morgan fingerprint density at radius 3 is 2.06 bits per heavy atom. The van der Waals surface area contributed by atoms with Crippen molar-refractivity contribution in [1.82, 2.24) is 10.9 Å². The molecule has 0 aliphatic carbocycles. The molecule has 0 aromatic carbocycles. The Morgan fingerprint density at radius 2 is 1.62 bits per heavy atom. The van der Waals surface area contributed by atoms with Gasteiger partial charge in [-0.15, -0.1) is 0 Å². The van der Waals surface area contributed by atoms with Crippen LogP contribution in [0.25, 0.3) is 0 Å². The Morgan fingerprint density at radius 1 is 1.12 bits per heavy atom. The Bertz CT molecular complexity index is 289. The monoisotopic (exact) mass is 307 g/mol. The number of hydrazone groups is 2. The summed E-state index contributed by atoms with van der Waals surface area (Å²) in [5.41, 5.74) is 5.05. The number of hydrogen-bond acceptors (Lipinski definition) is 6. The summed E-state index contributed by atoms with van der Waals surface area (Å²) in [5, 5.41) is 8.10. The van der Waals surface area contributed by atoms with Crippen molar-refractivity contribution in [3.63, 3.8) is 0 Å². The van der Waals surface area contributed by atoms with Gasteiger partial charge in [0.2, 0.25) is 0 Å². The van der Waals surface area contributed by atoms with Crippen molar-refractivity contribution < 1.29 is 17.1 Å². The predicted molar refractivity (Wildman–Crippen MR) is 69.3 cm³/mol. The first kappa shape index (κ1) is 17.6. The molecule has 2 N–H and O–H groups in total. The van der Waals surface area contributed by atoms with E-state index in [0.717, 1.165) is 0 Å². The van der Waals surface area contributed by atoms with Gasteiger partial charge in [0.15, 0.2) is 0 Å². The summed E-state index contributed by atoms with van der Waals surface area (Å²) >= 11 is 9.53. The fraction of sp³-hybridized carbons (Fsp3) is 0.429. The maximum Gasteiger partial charge on any atom is 2.00 e. The third-order valence-corrected chi connectivity index (χ3v) is 1.54. The zero-order valence-corrected chi connectivity index (χ0v) is 11.3. The molecular weight excluding hydrogens is 296 g/mol. The number of hydrogen-bond donors (Lipinski definition) is 2. The van der Waals surface area contributed by atoms with Crippen molar-refractivity contribution in [1.29, 1.82) is 0 Å². The van der Waals surface area contributed by atoms with Crippen LogP contribution in [0.5, 0.6) is 0 Å². The smallest absolute Gasteiger partial charge is 0.741 e. The van der Waals surface area contributed by atoms with Gasteiger partial charge in [0.1, 0.15) is 0 Å². The van der Waals surface area contributed by atoms with E-state index < -0.39 is 0 Å². The molecule has 9 heteroatoms. The molecule has 0 aliphatic heterocycles. The molecule has 0 spiro atoms. The van der Waals surface area contributed by atoms with Gasteiger partial charge in [-0.3, -0.25) is 20.8 Å². The van der Waals surface area contributed by atoms with Gasteiger partial charge >= 0.3 is 17.1 Å². The minimum atomic E-state index is 0. The van der Waals surface area contributed by atoms with Crippen molar-refractivity contribution in [3.05, 3.63) is 0 Å². The molecule has 1 radical (unpaired) electrons. The van der Waals surface area contributed by atoms with E-state index in [4.69, 9.17) is 25.3 Å². The van der Waals surface area contributed by atoms with Gasteiger partial charge in [-0.25, -0.2) is 0 Å². The van der Waals surface area contributed by atoms with E-state index in [9.17, 15) is 0 Å². The Balaban J connectivity index is 0. The van der Waals surface area contributed by atoms with Gasteiger partial charge in [0.25, 0.3) is 0 Å². The fourth-order valence-electron chi connectivity index (χ4n) is 0.481. The molecule has 6 nitrogen and oxygen atoms in total. The van der Waals surface area contributed by atoms with Crippen LogP contribution in [0, 0.1) is 0 Å². The Kier molecular flexibility index (Phi) is 13.6. The van der Waals surface area contributed by atoms with Crippen molar-refractivity contribution >= 4 is 48.0 Å². The molecule has 0 aromatic heterocycles. The zero-order chi connectivity index (χ0) is 11.5. The Hall–Kier alpha value is -0.761. The van der Waals surface area contributed by atoms with Crippen LogP contribution >= 0.6 is 0 Å². The number of amidine groups is 2. The average Bonchev–Trinajstić information content (AvgIpc) is 2.23. The SMILES string of the molecule is CCN=C([S-])N/N=C/C=N/NC([S-])=NC.[Cu+2]. The van der Waals surface area contributed by atoms with Crippen LogP contribution in [0.2, 0.25) is 0 Å². The van der Waals surface area contributed by atoms with Gasteiger partial charge in [-0.2, -0.15) is 10.2 Å². The first-order valence-corrected chi connectivity index (χ1v) is 4.94. The van der Waals surface area contributed by atoms with Crippen molar-refractivity contribution in [2.24, 2.45) is 20.2 Å². The van der Waals surface area contributed by atoms with Crippen molar-refractivity contribution in [3.8, 4) is 0 Å². The largest absolute Gasteiger partial charge is 2.00 e. The van der Waals surface area contributed by atoms with Crippen LogP contribution in [0.15, 0.2) is 20.2 Å². The third-order valence-electron chi connectivity index (χ3n) is 1.04. The van der Waals surface area contributed by atoms with Gasteiger partial charge in [-0.1, -0.05) is 0 Å². The van der Waals surface area contributed by atoms with Crippen molar-refractivity contribution in [2.75, 3.05) is 13.6 Å². The van der Waals surface area contributed by atoms with E-state index in [2.05, 4.69) is 31.0 Å². The summed E-state index contributed by atoms with van der Waals surface area (Å²) < 4.78 is 0. The summed E-state index contributed by atoms with van der Waals surface area (Å²) in [4.78, 5) is 7.56. The molecule has 16 heavy (non-hydrogen) atoms. The van der Waals surface area contributed by atoms with Gasteiger partial charge < -0.3 is 25.3 Å². The summed E-state index contributed by atoms with van der Waals surface area (Å²) in [7, 11) is 1.57. The molecule has 0 saturated carbocycles. The van der Waals surface area contributed by atoms with E-state index in [1.807, 2.05) is 6.92 Å². The third kappa shape index (κ3) is 11.3. The maximum absolute atomic E-state index is 4.80. The first-order valence-electron chi connectivity index (χ1n) is 4.12. The molecule has 0 unspecified atom stereocenters. The standard InChI is InChI=1S/C7H14N6S2.Cu/c1-3-9-7(15)13-11-5-4-10-12-6(14)8-2;/h4-5H,3H2,1-2H3,(H2,8,12,14)(H2,9,13,15);/q;+2/p-2/b10-4+,11-5+;. The first-order chi connectivity index (χ1) is 7.20. The summed E-state index contributed by atoms with van der Waals surface area (Å²) in [5.74, 6) is 0. The zero-order valence-electron chi connectivity index (χ0n) is 8.77. The minimum Gasteiger partial charge on any atom is -0.741 e. The number of rotatable bonds is 4. The number of nitrogens with zero attached hydrogens (tertiary/aromatic N) is 4. The van der Waals surface area contributed by atoms with Crippen LogP contribution in [0.4, 0.5) is 0 Å². The number of aliphatic imine (C=N–C) groups is 2. The molecule has 0 rings (SSSR count). The van der Waals surface area contributed by atoms with Crippen LogP contribution in [-0.4, -0.2) is 36.4 Å². The van der Waals surface area contributed by atoms with Crippen molar-refractivity contribution in [2.45, 2.75) is 6.92 Å². The molecule has 0 fully saturated rings. The molecule has 0 amide bonds. The molecule has 0 aromatic rings. The topological polar surface area (TPSA) is 73.5 Å². The van der Waals surface area contributed by atoms with Gasteiger partial charge in [0, 0.05) is 13.6 Å². The fourth-order valence-corrected chi connectivity index (χ4v) is 0.715. The van der Waals surface area contributed by atoms with Crippen LogP contribution < -0.4 is 10.9 Å². The minimum absolute atomic E-state index is 0. The van der Waals surface area contributed by atoms with Gasteiger partial charge in [-0.05, 0) is 17.3 Å². The normalized spacial score (nSPS) is 12.9. The van der Waals surface area contributed by atoms with Crippen LogP contribution in [-0.2, 0) is 42.3 Å².